The molecule has 3 rings (SSSR count). The third-order valence-corrected chi connectivity index (χ3v) is 3.09. The number of fused-ring (bicyclic) bond motifs is 1. The van der Waals surface area contributed by atoms with E-state index in [9.17, 15) is 9.59 Å². The Morgan fingerprint density at radius 1 is 1.13 bits per heavy atom. The van der Waals surface area contributed by atoms with Gasteiger partial charge in [-0.15, -0.1) is 5.10 Å². The Morgan fingerprint density at radius 2 is 1.87 bits per heavy atom. The highest BCUT2D eigenvalue weighted by Crippen LogP contribution is 2.10. The number of rotatable bonds is 5. The normalized spacial score (nSPS) is 10.4. The van der Waals surface area contributed by atoms with Crippen molar-refractivity contribution >= 4 is 28.5 Å². The van der Waals surface area contributed by atoms with Gasteiger partial charge >= 0.3 is 0 Å². The minimum absolute atomic E-state index is 0.231. The van der Waals surface area contributed by atoms with Gasteiger partial charge in [-0.05, 0) is 41.6 Å². The summed E-state index contributed by atoms with van der Waals surface area (Å²) in [5.74, 6) is -0.888. The van der Waals surface area contributed by atoms with Crippen molar-refractivity contribution in [3.8, 4) is 0 Å². The van der Waals surface area contributed by atoms with Crippen molar-refractivity contribution in [1.82, 2.24) is 15.2 Å². The van der Waals surface area contributed by atoms with Crippen molar-refractivity contribution in [2.45, 2.75) is 0 Å². The second-order valence-electron chi connectivity index (χ2n) is 4.71. The molecule has 0 atom stereocenters. The van der Waals surface area contributed by atoms with E-state index in [0.717, 1.165) is 0 Å². The van der Waals surface area contributed by atoms with Crippen LogP contribution >= 0.6 is 0 Å². The molecule has 0 fully saturated rings. The summed E-state index contributed by atoms with van der Waals surface area (Å²) in [6.07, 6.45) is 0. The van der Waals surface area contributed by atoms with E-state index in [4.69, 9.17) is 10.6 Å². The van der Waals surface area contributed by atoms with Gasteiger partial charge in [0.25, 0.3) is 5.91 Å². The van der Waals surface area contributed by atoms with Crippen LogP contribution in [0.15, 0.2) is 48.5 Å². The fraction of sp³-hybridized carbons (Fsp3) is 0.0667. The predicted octanol–water partition coefficient (Wildman–Crippen LogP) is 0.597. The standard InChI is InChI=1S/C15H13N5O3/c16-15(22)10-5-7-11(8-6-10)17-14(21)9-23-20-13-4-2-1-3-12(13)18-19-20/h1-8H,9H2,(H2,16,22)(H,17,21). The number of carbonyl (C=O) groups excluding carboxylic acids is 2. The van der Waals surface area contributed by atoms with Crippen molar-refractivity contribution < 1.29 is 14.4 Å². The zero-order valence-corrected chi connectivity index (χ0v) is 12.0. The lowest BCUT2D eigenvalue weighted by molar-refractivity contribution is -0.121. The maximum absolute atomic E-state index is 11.9. The topological polar surface area (TPSA) is 112 Å². The molecule has 116 valence electrons. The van der Waals surface area contributed by atoms with E-state index in [1.54, 1.807) is 24.3 Å². The Bertz CT molecular complexity index is 857. The average Bonchev–Trinajstić information content (AvgIpc) is 2.97. The molecule has 23 heavy (non-hydrogen) atoms. The summed E-state index contributed by atoms with van der Waals surface area (Å²) in [4.78, 5) is 29.4. The summed E-state index contributed by atoms with van der Waals surface area (Å²) in [5, 5.41) is 10.4. The molecule has 0 aliphatic carbocycles. The molecule has 0 radical (unpaired) electrons. The SMILES string of the molecule is NC(=O)c1ccc(NC(=O)COn2nnc3ccccc32)cc1. The molecular formula is C15H13N5O3. The van der Waals surface area contributed by atoms with Gasteiger partial charge in [-0.1, -0.05) is 17.0 Å². The predicted molar refractivity (Wildman–Crippen MR) is 82.6 cm³/mol. The summed E-state index contributed by atoms with van der Waals surface area (Å²) in [5.41, 5.74) is 7.40. The molecule has 3 N–H and O–H groups in total. The summed E-state index contributed by atoms with van der Waals surface area (Å²) < 4.78 is 0. The van der Waals surface area contributed by atoms with E-state index in [0.29, 0.717) is 22.3 Å². The van der Waals surface area contributed by atoms with Crippen molar-refractivity contribution in [3.63, 3.8) is 0 Å². The molecule has 1 heterocycles. The van der Waals surface area contributed by atoms with E-state index in [2.05, 4.69) is 15.6 Å². The Labute approximate surface area is 130 Å². The third-order valence-electron chi connectivity index (χ3n) is 3.09. The molecule has 0 unspecified atom stereocenters. The van der Waals surface area contributed by atoms with Crippen molar-refractivity contribution in [3.05, 3.63) is 54.1 Å². The van der Waals surface area contributed by atoms with Crippen LogP contribution in [-0.2, 0) is 4.79 Å². The maximum atomic E-state index is 11.9. The summed E-state index contributed by atoms with van der Waals surface area (Å²) in [6, 6.07) is 13.5. The van der Waals surface area contributed by atoms with Crippen LogP contribution in [0.5, 0.6) is 0 Å². The number of para-hydroxylation sites is 1. The van der Waals surface area contributed by atoms with Crippen LogP contribution in [0, 0.1) is 0 Å². The van der Waals surface area contributed by atoms with Crippen LogP contribution in [-0.4, -0.2) is 33.6 Å². The van der Waals surface area contributed by atoms with Crippen molar-refractivity contribution in [2.75, 3.05) is 11.9 Å². The molecule has 8 heteroatoms. The van der Waals surface area contributed by atoms with Gasteiger partial charge in [-0.2, -0.15) is 0 Å². The Morgan fingerprint density at radius 3 is 2.61 bits per heavy atom. The zero-order chi connectivity index (χ0) is 16.2. The average molecular weight is 311 g/mol. The van der Waals surface area contributed by atoms with Gasteiger partial charge in [0, 0.05) is 11.3 Å². The number of benzene rings is 2. The maximum Gasteiger partial charge on any atom is 0.265 e. The molecule has 0 saturated carbocycles. The molecule has 2 aromatic carbocycles. The summed E-state index contributed by atoms with van der Waals surface area (Å²) in [7, 11) is 0. The van der Waals surface area contributed by atoms with E-state index in [-0.39, 0.29) is 12.5 Å². The third kappa shape index (κ3) is 3.26. The highest BCUT2D eigenvalue weighted by Gasteiger charge is 2.08. The molecule has 2 amide bonds. The second-order valence-corrected chi connectivity index (χ2v) is 4.71. The number of nitrogens with zero attached hydrogens (tertiary/aromatic N) is 3. The first kappa shape index (κ1) is 14.5. The zero-order valence-electron chi connectivity index (χ0n) is 12.0. The summed E-state index contributed by atoms with van der Waals surface area (Å²) in [6.45, 7) is -0.231. The molecular weight excluding hydrogens is 298 g/mol. The molecule has 0 spiro atoms. The van der Waals surface area contributed by atoms with Crippen LogP contribution in [0.4, 0.5) is 5.69 Å². The number of hydrogen-bond acceptors (Lipinski definition) is 5. The molecule has 0 bridgehead atoms. The number of nitrogens with one attached hydrogen (secondary N) is 1. The lowest BCUT2D eigenvalue weighted by Gasteiger charge is -2.07. The Balaban J connectivity index is 1.60. The van der Waals surface area contributed by atoms with Crippen LogP contribution in [0.25, 0.3) is 11.0 Å². The van der Waals surface area contributed by atoms with E-state index in [1.165, 1.54) is 17.0 Å². The van der Waals surface area contributed by atoms with E-state index >= 15 is 0 Å². The Kier molecular flexibility index (Phi) is 3.88. The molecule has 0 aliphatic heterocycles. The molecule has 1 aromatic heterocycles. The first-order chi connectivity index (χ1) is 11.1. The second kappa shape index (κ2) is 6.14. The van der Waals surface area contributed by atoms with Gasteiger partial charge in [-0.25, -0.2) is 0 Å². The van der Waals surface area contributed by atoms with Gasteiger partial charge in [0.1, 0.15) is 11.0 Å². The van der Waals surface area contributed by atoms with Gasteiger partial charge in [0.2, 0.25) is 5.91 Å². The monoisotopic (exact) mass is 311 g/mol. The summed E-state index contributed by atoms with van der Waals surface area (Å²) >= 11 is 0. The van der Waals surface area contributed by atoms with E-state index < -0.39 is 5.91 Å². The van der Waals surface area contributed by atoms with Crippen LogP contribution in [0.3, 0.4) is 0 Å². The van der Waals surface area contributed by atoms with Gasteiger partial charge in [-0.3, -0.25) is 9.59 Å². The van der Waals surface area contributed by atoms with Crippen LogP contribution in [0.2, 0.25) is 0 Å². The van der Waals surface area contributed by atoms with Gasteiger partial charge < -0.3 is 15.9 Å². The van der Waals surface area contributed by atoms with Crippen molar-refractivity contribution in [1.29, 1.82) is 0 Å². The van der Waals surface area contributed by atoms with Crippen molar-refractivity contribution in [2.24, 2.45) is 5.73 Å². The largest absolute Gasteiger partial charge is 0.385 e. The number of anilines is 1. The molecule has 3 aromatic rings. The number of primary amides is 1. The van der Waals surface area contributed by atoms with Gasteiger partial charge in [0.05, 0.1) is 0 Å². The lowest BCUT2D eigenvalue weighted by atomic mass is 10.2. The number of hydrogen-bond donors (Lipinski definition) is 2. The number of amides is 2. The van der Waals surface area contributed by atoms with Crippen LogP contribution in [0.1, 0.15) is 10.4 Å². The smallest absolute Gasteiger partial charge is 0.265 e. The highest BCUT2D eigenvalue weighted by atomic mass is 16.7. The van der Waals surface area contributed by atoms with Crippen LogP contribution < -0.4 is 15.9 Å². The quantitative estimate of drug-likeness (QED) is 0.716. The number of carbonyl (C=O) groups is 2. The first-order valence-corrected chi connectivity index (χ1v) is 6.77. The highest BCUT2D eigenvalue weighted by molar-refractivity contribution is 5.95. The number of nitrogens with two attached hydrogens (primary N) is 1. The molecule has 8 nitrogen and oxygen atoms in total. The minimum atomic E-state index is -0.524. The van der Waals surface area contributed by atoms with Gasteiger partial charge in [0.15, 0.2) is 6.61 Å². The molecule has 0 aliphatic rings. The van der Waals surface area contributed by atoms with E-state index in [1.807, 2.05) is 12.1 Å². The molecule has 0 saturated heterocycles. The number of aromatic nitrogens is 3. The fourth-order valence-electron chi connectivity index (χ4n) is 1.98. The lowest BCUT2D eigenvalue weighted by Crippen LogP contribution is -2.26. The Hall–Kier alpha value is -3.42. The fourth-order valence-corrected chi connectivity index (χ4v) is 1.98. The minimum Gasteiger partial charge on any atom is -0.385 e. The first-order valence-electron chi connectivity index (χ1n) is 6.77.